The number of hydrogen-bond donors (Lipinski definition) is 1. The molecule has 0 spiro atoms. The molecule has 3 aromatic rings. The second-order valence-corrected chi connectivity index (χ2v) is 5.73. The van der Waals surface area contributed by atoms with Crippen molar-refractivity contribution < 1.29 is 27.9 Å². The molecule has 0 amide bonds. The topological polar surface area (TPSA) is 72.2 Å². The fraction of sp³-hybridized carbons (Fsp3) is 0.167. The highest BCUT2D eigenvalue weighted by molar-refractivity contribution is 6.15. The Hall–Kier alpha value is -3.16. The Labute approximate surface area is 145 Å². The van der Waals surface area contributed by atoms with Crippen molar-refractivity contribution in [2.75, 3.05) is 0 Å². The van der Waals surface area contributed by atoms with Gasteiger partial charge in [0, 0.05) is 10.9 Å². The Kier molecular flexibility index (Phi) is 4.27. The van der Waals surface area contributed by atoms with Crippen molar-refractivity contribution in [2.24, 2.45) is 0 Å². The molecule has 1 N–H and O–H groups in total. The molecule has 26 heavy (non-hydrogen) atoms. The fourth-order valence-electron chi connectivity index (χ4n) is 2.60. The molecule has 1 unspecified atom stereocenters. The molecule has 0 fully saturated rings. The van der Waals surface area contributed by atoms with Crippen molar-refractivity contribution in [1.82, 2.24) is 9.78 Å². The molecule has 0 aliphatic heterocycles. The third-order valence-electron chi connectivity index (χ3n) is 4.03. The van der Waals surface area contributed by atoms with Gasteiger partial charge in [-0.2, -0.15) is 18.3 Å². The number of carbonyl (C=O) groups is 2. The Morgan fingerprint density at radius 2 is 1.69 bits per heavy atom. The summed E-state index contributed by atoms with van der Waals surface area (Å²) in [5.41, 5.74) is -0.369. The Balaban J connectivity index is 2.08. The van der Waals surface area contributed by atoms with Crippen molar-refractivity contribution >= 4 is 22.7 Å². The Morgan fingerprint density at radius 1 is 1.08 bits per heavy atom. The second-order valence-electron chi connectivity index (χ2n) is 5.73. The van der Waals surface area contributed by atoms with Gasteiger partial charge in [-0.1, -0.05) is 30.3 Å². The van der Waals surface area contributed by atoms with Crippen molar-refractivity contribution in [3.05, 3.63) is 65.4 Å². The minimum absolute atomic E-state index is 0.00606. The fourth-order valence-corrected chi connectivity index (χ4v) is 2.60. The molecule has 8 heteroatoms. The van der Waals surface area contributed by atoms with Crippen molar-refractivity contribution in [3.8, 4) is 0 Å². The maximum absolute atomic E-state index is 12.7. The number of benzene rings is 2. The van der Waals surface area contributed by atoms with Gasteiger partial charge in [0.05, 0.1) is 11.1 Å². The molecule has 1 aromatic heterocycles. The van der Waals surface area contributed by atoms with Crippen LogP contribution >= 0.6 is 0 Å². The summed E-state index contributed by atoms with van der Waals surface area (Å²) < 4.78 is 39.2. The predicted octanol–water partition coefficient (Wildman–Crippen LogP) is 3.93. The van der Waals surface area contributed by atoms with Gasteiger partial charge in [-0.3, -0.25) is 9.48 Å². The van der Waals surface area contributed by atoms with Crippen LogP contribution in [0.1, 0.15) is 34.6 Å². The number of aromatic nitrogens is 2. The molecule has 1 atom stereocenters. The van der Waals surface area contributed by atoms with Gasteiger partial charge >= 0.3 is 12.1 Å². The lowest BCUT2D eigenvalue weighted by molar-refractivity contribution is -0.140. The molecule has 0 aliphatic carbocycles. The van der Waals surface area contributed by atoms with E-state index in [4.69, 9.17) is 0 Å². The highest BCUT2D eigenvalue weighted by Crippen LogP contribution is 2.30. The first-order valence-electron chi connectivity index (χ1n) is 7.62. The largest absolute Gasteiger partial charge is 0.480 e. The van der Waals surface area contributed by atoms with Crippen LogP contribution in [0, 0.1) is 0 Å². The van der Waals surface area contributed by atoms with Gasteiger partial charge in [0.2, 0.25) is 5.78 Å². The first-order valence-corrected chi connectivity index (χ1v) is 7.62. The van der Waals surface area contributed by atoms with Crippen LogP contribution in [0.2, 0.25) is 0 Å². The van der Waals surface area contributed by atoms with Gasteiger partial charge in [-0.05, 0) is 25.1 Å². The maximum Gasteiger partial charge on any atom is 0.416 e. The standard InChI is InChI=1S/C18H13F3N2O3/c1-10(17(25)26)23-14-5-3-2-4-13(14)15(22-23)16(24)11-6-8-12(9-7-11)18(19,20)21/h2-10H,1H3,(H,25,26). The molecule has 134 valence electrons. The average Bonchev–Trinajstić information content (AvgIpc) is 2.99. The summed E-state index contributed by atoms with van der Waals surface area (Å²) in [7, 11) is 0. The molecular weight excluding hydrogens is 349 g/mol. The average molecular weight is 362 g/mol. The summed E-state index contributed by atoms with van der Waals surface area (Å²) in [5, 5.41) is 13.8. The highest BCUT2D eigenvalue weighted by atomic mass is 19.4. The number of ketones is 1. The molecule has 0 bridgehead atoms. The van der Waals surface area contributed by atoms with E-state index in [9.17, 15) is 27.9 Å². The summed E-state index contributed by atoms with van der Waals surface area (Å²) in [4.78, 5) is 24.0. The van der Waals surface area contributed by atoms with E-state index in [1.807, 2.05) is 0 Å². The molecule has 5 nitrogen and oxygen atoms in total. The summed E-state index contributed by atoms with van der Waals surface area (Å²) in [5.74, 6) is -1.70. The highest BCUT2D eigenvalue weighted by Gasteiger charge is 2.30. The number of rotatable bonds is 4. The number of para-hydroxylation sites is 1. The quantitative estimate of drug-likeness (QED) is 0.714. The molecule has 3 rings (SSSR count). The number of carboxylic acids is 1. The predicted molar refractivity (Wildman–Crippen MR) is 87.0 cm³/mol. The number of alkyl halides is 3. The SMILES string of the molecule is CC(C(=O)O)n1nc(C(=O)c2ccc(C(F)(F)F)cc2)c2ccccc21. The second kappa shape index (κ2) is 6.29. The van der Waals surface area contributed by atoms with E-state index < -0.39 is 29.5 Å². The zero-order chi connectivity index (χ0) is 19.1. The van der Waals surface area contributed by atoms with Crippen LogP contribution in [-0.2, 0) is 11.0 Å². The van der Waals surface area contributed by atoms with Crippen LogP contribution in [0.3, 0.4) is 0 Å². The van der Waals surface area contributed by atoms with Gasteiger partial charge < -0.3 is 5.11 Å². The third-order valence-corrected chi connectivity index (χ3v) is 4.03. The van der Waals surface area contributed by atoms with E-state index >= 15 is 0 Å². The lowest BCUT2D eigenvalue weighted by atomic mass is 10.0. The number of carbonyl (C=O) groups excluding carboxylic acids is 1. The number of halogens is 3. The smallest absolute Gasteiger partial charge is 0.416 e. The lowest BCUT2D eigenvalue weighted by Gasteiger charge is -2.07. The molecule has 1 heterocycles. The van der Waals surface area contributed by atoms with E-state index in [1.54, 1.807) is 24.3 Å². The summed E-state index contributed by atoms with van der Waals surface area (Å²) in [6, 6.07) is 9.41. The maximum atomic E-state index is 12.7. The molecular formula is C18H13F3N2O3. The van der Waals surface area contributed by atoms with Gasteiger partial charge in [-0.25, -0.2) is 4.79 Å². The van der Waals surface area contributed by atoms with E-state index in [2.05, 4.69) is 5.10 Å². The van der Waals surface area contributed by atoms with E-state index in [-0.39, 0.29) is 11.3 Å². The van der Waals surface area contributed by atoms with Crippen LogP contribution in [-0.4, -0.2) is 26.6 Å². The monoisotopic (exact) mass is 362 g/mol. The summed E-state index contributed by atoms with van der Waals surface area (Å²) >= 11 is 0. The van der Waals surface area contributed by atoms with Crippen LogP contribution in [0.25, 0.3) is 10.9 Å². The minimum Gasteiger partial charge on any atom is -0.480 e. The molecule has 2 aromatic carbocycles. The summed E-state index contributed by atoms with van der Waals surface area (Å²) in [6.07, 6.45) is -4.49. The number of fused-ring (bicyclic) bond motifs is 1. The first-order chi connectivity index (χ1) is 12.2. The van der Waals surface area contributed by atoms with Crippen LogP contribution in [0.4, 0.5) is 13.2 Å². The van der Waals surface area contributed by atoms with E-state index in [0.717, 1.165) is 24.3 Å². The Bertz CT molecular complexity index is 991. The van der Waals surface area contributed by atoms with Gasteiger partial charge in [0.1, 0.15) is 11.7 Å². The van der Waals surface area contributed by atoms with Crippen LogP contribution in [0.5, 0.6) is 0 Å². The number of carboxylic acid groups (broad SMARTS) is 1. The van der Waals surface area contributed by atoms with Crippen LogP contribution < -0.4 is 0 Å². The molecule has 0 aliphatic rings. The molecule has 0 saturated carbocycles. The van der Waals surface area contributed by atoms with Gasteiger partial charge in [0.15, 0.2) is 0 Å². The van der Waals surface area contributed by atoms with E-state index in [1.165, 1.54) is 11.6 Å². The molecule has 0 saturated heterocycles. The molecule has 0 radical (unpaired) electrons. The number of aliphatic carboxylic acids is 1. The van der Waals surface area contributed by atoms with Gasteiger partial charge in [-0.15, -0.1) is 0 Å². The lowest BCUT2D eigenvalue weighted by Crippen LogP contribution is -2.17. The van der Waals surface area contributed by atoms with Gasteiger partial charge in [0.25, 0.3) is 0 Å². The number of hydrogen-bond acceptors (Lipinski definition) is 3. The summed E-state index contributed by atoms with van der Waals surface area (Å²) in [6.45, 7) is 1.42. The first kappa shape index (κ1) is 17.7. The number of nitrogens with zero attached hydrogens (tertiary/aromatic N) is 2. The van der Waals surface area contributed by atoms with Crippen molar-refractivity contribution in [2.45, 2.75) is 19.1 Å². The van der Waals surface area contributed by atoms with Crippen LogP contribution in [0.15, 0.2) is 48.5 Å². The van der Waals surface area contributed by atoms with Crippen molar-refractivity contribution in [1.29, 1.82) is 0 Å². The minimum atomic E-state index is -4.49. The zero-order valence-corrected chi connectivity index (χ0v) is 13.5. The van der Waals surface area contributed by atoms with E-state index in [0.29, 0.717) is 10.9 Å². The van der Waals surface area contributed by atoms with Crippen molar-refractivity contribution in [3.63, 3.8) is 0 Å². The third kappa shape index (κ3) is 3.05. The Morgan fingerprint density at radius 3 is 2.27 bits per heavy atom. The normalized spacial score (nSPS) is 12.9. The zero-order valence-electron chi connectivity index (χ0n) is 13.5.